The van der Waals surface area contributed by atoms with E-state index in [-0.39, 0.29) is 28.2 Å². The van der Waals surface area contributed by atoms with Gasteiger partial charge in [-0.3, -0.25) is 9.59 Å². The summed E-state index contributed by atoms with van der Waals surface area (Å²) in [6.07, 6.45) is 69.6. The van der Waals surface area contributed by atoms with Crippen LogP contribution < -0.4 is 9.47 Å². The van der Waals surface area contributed by atoms with E-state index >= 15 is 0 Å². The highest BCUT2D eigenvalue weighted by Crippen LogP contribution is 2.61. The van der Waals surface area contributed by atoms with Gasteiger partial charge in [0.1, 0.15) is 23.7 Å². The molecule has 3 aliphatic rings. The lowest BCUT2D eigenvalue weighted by molar-refractivity contribution is -0.146. The van der Waals surface area contributed by atoms with Crippen molar-refractivity contribution in [2.45, 2.75) is 417 Å². The van der Waals surface area contributed by atoms with E-state index in [2.05, 4.69) is 250 Å². The highest BCUT2D eigenvalue weighted by atomic mass is 32.1. The van der Waals surface area contributed by atoms with Crippen molar-refractivity contribution in [3.63, 3.8) is 0 Å². The van der Waals surface area contributed by atoms with E-state index in [1.165, 1.54) is 380 Å². The zero-order valence-electron chi connectivity index (χ0n) is 88.0. The van der Waals surface area contributed by atoms with Gasteiger partial charge in [0.05, 0.1) is 13.2 Å². The number of thiophene rings is 2. The fourth-order valence-corrected chi connectivity index (χ4v) is 25.5. The Balaban J connectivity index is 0.750. The molecule has 0 atom stereocenters. The number of rotatable bonds is 72. The number of hydrogen-bond acceptors (Lipinski definition) is 8. The predicted molar refractivity (Wildman–Crippen MR) is 608 cm³/mol. The molecule has 754 valence electrons. The molecule has 8 heteroatoms. The summed E-state index contributed by atoms with van der Waals surface area (Å²) in [6, 6.07) is 73.9. The summed E-state index contributed by atoms with van der Waals surface area (Å²) >= 11 is 3.85. The molecule has 0 amide bonds. The minimum absolute atomic E-state index is 0.0934. The molecular formula is C133H174O6S2. The van der Waals surface area contributed by atoms with Crippen molar-refractivity contribution in [3.05, 3.63) is 266 Å². The molecule has 0 aliphatic heterocycles. The lowest BCUT2D eigenvalue weighted by atomic mass is 9.69. The van der Waals surface area contributed by atoms with Gasteiger partial charge in [-0.15, -0.1) is 22.7 Å². The van der Waals surface area contributed by atoms with Crippen LogP contribution in [0.1, 0.15) is 422 Å². The summed E-state index contributed by atoms with van der Waals surface area (Å²) in [7, 11) is 0. The lowest BCUT2D eigenvalue weighted by Crippen LogP contribution is -2.26. The SMILES string of the molecule is C=CC(C=C)OC(=O)CCCCCCCCCCCOc1ccc(-c2ccc(-c3ccc4c(c3)C(CCCCCC)(CCCCCC)c3cc(-c5ccc6c(c5)C(CCCCCCCC)(CCCCCCCC)c5cc(-c7ccc8c(c7)C(CCCCCC)(CCCCCC)c7cc(-c9ccc(-c%10ccc(OCCCCCCCCCCCC(=O)OC(C=C)C=C)cc%10)s9)ccc7-8)ccc5-6)ccc3-4)s2)cc1. The van der Waals surface area contributed by atoms with Gasteiger partial charge in [-0.05, 0) is 309 Å². The Hall–Kier alpha value is -9.34. The molecule has 13 rings (SSSR count). The summed E-state index contributed by atoms with van der Waals surface area (Å²) in [5, 5.41) is 0. The summed E-state index contributed by atoms with van der Waals surface area (Å²) in [4.78, 5) is 29.5. The monoisotopic (exact) mass is 1930 g/mol. The number of ether oxygens (including phenoxy) is 4. The molecule has 6 nitrogen and oxygen atoms in total. The molecule has 141 heavy (non-hydrogen) atoms. The van der Waals surface area contributed by atoms with E-state index in [4.69, 9.17) is 18.9 Å². The van der Waals surface area contributed by atoms with Gasteiger partial charge < -0.3 is 18.9 Å². The van der Waals surface area contributed by atoms with Crippen LogP contribution in [0.4, 0.5) is 0 Å². The maximum Gasteiger partial charge on any atom is 0.306 e. The fraction of sp³-hybridized carbons (Fsp3) is 0.504. The Bertz CT molecular complexity index is 5130. The molecular weight excluding hydrogens is 1760 g/mol. The minimum Gasteiger partial charge on any atom is -0.494 e. The van der Waals surface area contributed by atoms with Crippen LogP contribution in [-0.4, -0.2) is 37.4 Å². The van der Waals surface area contributed by atoms with Crippen molar-refractivity contribution in [1.82, 2.24) is 0 Å². The van der Waals surface area contributed by atoms with Gasteiger partial charge in [-0.2, -0.15) is 0 Å². The topological polar surface area (TPSA) is 71.1 Å². The van der Waals surface area contributed by atoms with Gasteiger partial charge in [-0.25, -0.2) is 0 Å². The Morgan fingerprint density at radius 1 is 0.241 bits per heavy atom. The average molecular weight is 1930 g/mol. The molecule has 2 heterocycles. The maximum absolute atomic E-state index is 12.1. The van der Waals surface area contributed by atoms with E-state index in [1.54, 1.807) is 57.7 Å². The smallest absolute Gasteiger partial charge is 0.306 e. The molecule has 0 radical (unpaired) electrons. The van der Waals surface area contributed by atoms with Crippen molar-refractivity contribution in [2.75, 3.05) is 13.2 Å². The number of fused-ring (bicyclic) bond motifs is 9. The molecule has 8 aromatic carbocycles. The normalized spacial score (nSPS) is 13.2. The fourth-order valence-electron chi connectivity index (χ4n) is 23.5. The molecule has 0 N–H and O–H groups in total. The standard InChI is InChI=1S/C133H174O6S2/c1-11-21-27-33-47-57-91-131(92-58-48-34-28-22-12-2)119-95-103(105-69-79-115-117-81-71-107(99-123(117)132(121(115)97-105,87-53-29-23-13-3)88-54-30-24-14-4)127-85-83-125(140-127)101-63-73-111(74-64-101)136-93-59-49-43-39-35-37-41-45-51-61-129(134)138-109(17-7)18-8)67-77-113(119)114-78-68-104(96-120(114)131)106-70-80-116-118-82-72-108(100-124(118)133(122(116)98-106,89-55-31-25-15-5)90-56-32-26-16-6)128-86-84-126(141-128)102-65-75-112(76-66-102)137-94-60-50-44-40-36-38-42-46-52-62-130(135)139-110(19-9)20-10/h17-20,63-86,95-100,109-110H,7-16,21-62,87-94H2,1-6H3. The van der Waals surface area contributed by atoms with Gasteiger partial charge >= 0.3 is 11.9 Å². The summed E-state index contributed by atoms with van der Waals surface area (Å²) in [5.74, 6) is 1.55. The zero-order chi connectivity index (χ0) is 98.7. The molecule has 3 aliphatic carbocycles. The largest absolute Gasteiger partial charge is 0.494 e. The first-order chi connectivity index (χ1) is 69.3. The van der Waals surface area contributed by atoms with Gasteiger partial charge in [-0.1, -0.05) is 410 Å². The molecule has 0 spiro atoms. The predicted octanol–water partition coefficient (Wildman–Crippen LogP) is 41.1. The second-order valence-electron chi connectivity index (χ2n) is 41.9. The molecule has 0 bridgehead atoms. The van der Waals surface area contributed by atoms with Crippen LogP contribution in [0.3, 0.4) is 0 Å². The Kier molecular flexibility index (Phi) is 44.8. The van der Waals surface area contributed by atoms with Crippen LogP contribution >= 0.6 is 22.7 Å². The number of hydrogen-bond donors (Lipinski definition) is 0. The van der Waals surface area contributed by atoms with Crippen LogP contribution in [0.5, 0.6) is 11.5 Å². The van der Waals surface area contributed by atoms with Crippen molar-refractivity contribution < 1.29 is 28.5 Å². The van der Waals surface area contributed by atoms with E-state index in [0.717, 1.165) is 76.1 Å². The first-order valence-electron chi connectivity index (χ1n) is 56.8. The van der Waals surface area contributed by atoms with E-state index < -0.39 is 12.2 Å². The number of esters is 2. The molecule has 10 aromatic rings. The average Bonchev–Trinajstić information content (AvgIpc) is 1.55. The number of carbonyl (C=O) groups is 2. The summed E-state index contributed by atoms with van der Waals surface area (Å²) in [5.41, 5.74) is 28.5. The third kappa shape index (κ3) is 29.5. The van der Waals surface area contributed by atoms with Crippen molar-refractivity contribution in [3.8, 4) is 109 Å². The first kappa shape index (κ1) is 109. The molecule has 0 unspecified atom stereocenters. The Morgan fingerprint density at radius 2 is 0.440 bits per heavy atom. The number of benzene rings is 8. The highest BCUT2D eigenvalue weighted by molar-refractivity contribution is 7.19. The Morgan fingerprint density at radius 3 is 0.688 bits per heavy atom. The second-order valence-corrected chi connectivity index (χ2v) is 44.0. The lowest BCUT2D eigenvalue weighted by Gasteiger charge is -2.34. The molecule has 0 saturated carbocycles. The Labute approximate surface area is 861 Å². The number of carbonyl (C=O) groups excluding carboxylic acids is 2. The van der Waals surface area contributed by atoms with Crippen LogP contribution in [0.15, 0.2) is 233 Å². The first-order valence-corrected chi connectivity index (χ1v) is 58.4. The van der Waals surface area contributed by atoms with E-state index in [0.29, 0.717) is 12.8 Å². The van der Waals surface area contributed by atoms with Gasteiger partial charge in [0.25, 0.3) is 0 Å². The maximum atomic E-state index is 12.1. The van der Waals surface area contributed by atoms with Crippen molar-refractivity contribution in [1.29, 1.82) is 0 Å². The van der Waals surface area contributed by atoms with Crippen molar-refractivity contribution in [2.24, 2.45) is 0 Å². The highest BCUT2D eigenvalue weighted by Gasteiger charge is 2.47. The number of unbranched alkanes of at least 4 members (excludes halogenated alkanes) is 38. The summed E-state index contributed by atoms with van der Waals surface area (Å²) in [6.45, 7) is 30.5. The quantitative estimate of drug-likeness (QED) is 0.0215. The molecule has 0 fully saturated rings. The van der Waals surface area contributed by atoms with Crippen LogP contribution in [0.2, 0.25) is 0 Å². The van der Waals surface area contributed by atoms with Crippen LogP contribution in [0.25, 0.3) is 97.4 Å². The summed E-state index contributed by atoms with van der Waals surface area (Å²) < 4.78 is 23.4. The third-order valence-corrected chi connectivity index (χ3v) is 34.0. The van der Waals surface area contributed by atoms with Gasteiger partial charge in [0.2, 0.25) is 0 Å². The van der Waals surface area contributed by atoms with E-state index in [1.807, 2.05) is 22.7 Å². The molecule has 0 saturated heterocycles. The second kappa shape index (κ2) is 58.0. The van der Waals surface area contributed by atoms with Gasteiger partial charge in [0, 0.05) is 48.6 Å². The van der Waals surface area contributed by atoms with Crippen LogP contribution in [0, 0.1) is 0 Å². The van der Waals surface area contributed by atoms with Gasteiger partial charge in [0.15, 0.2) is 0 Å². The van der Waals surface area contributed by atoms with E-state index in [9.17, 15) is 9.59 Å². The zero-order valence-corrected chi connectivity index (χ0v) is 89.6. The third-order valence-electron chi connectivity index (χ3n) is 31.6. The minimum atomic E-state index is -0.397. The molecule has 2 aromatic heterocycles. The van der Waals surface area contributed by atoms with Crippen molar-refractivity contribution >= 4 is 34.6 Å². The van der Waals surface area contributed by atoms with Crippen LogP contribution in [-0.2, 0) is 35.3 Å².